The first-order valence-electron chi connectivity index (χ1n) is 8.66. The fourth-order valence-electron chi connectivity index (χ4n) is 4.30. The van der Waals surface area contributed by atoms with Crippen molar-refractivity contribution < 1.29 is 8.42 Å². The number of halogens is 1. The molecule has 0 bridgehead atoms. The van der Waals surface area contributed by atoms with Crippen molar-refractivity contribution in [3.63, 3.8) is 0 Å². The van der Waals surface area contributed by atoms with E-state index >= 15 is 0 Å². The van der Waals surface area contributed by atoms with Gasteiger partial charge in [0.15, 0.2) is 0 Å². The van der Waals surface area contributed by atoms with Crippen molar-refractivity contribution >= 4 is 31.6 Å². The topological polar surface area (TPSA) is 37.4 Å². The van der Waals surface area contributed by atoms with Gasteiger partial charge in [0.25, 0.3) is 0 Å². The van der Waals surface area contributed by atoms with Crippen LogP contribution in [0.2, 0.25) is 0 Å². The molecule has 2 aliphatic rings. The molecule has 1 aromatic rings. The zero-order valence-corrected chi connectivity index (χ0v) is 16.4. The van der Waals surface area contributed by atoms with Crippen molar-refractivity contribution in [3.05, 3.63) is 28.2 Å². The van der Waals surface area contributed by atoms with E-state index in [0.717, 1.165) is 22.5 Å². The summed E-state index contributed by atoms with van der Waals surface area (Å²) < 4.78 is 27.8. The zero-order chi connectivity index (χ0) is 16.7. The molecule has 23 heavy (non-hydrogen) atoms. The summed E-state index contributed by atoms with van der Waals surface area (Å²) in [5.74, 6) is 0.881. The third kappa shape index (κ3) is 3.32. The standard InChI is InChI=1S/C18H26BrNO2S/c1-3-23(21,22)20-13-18(2,12-14-7-5-4-6-8-14)16-11-15(19)9-10-17(16)20/h9-11,14H,3-8,12-13H2,1-2H3. The van der Waals surface area contributed by atoms with Gasteiger partial charge in [-0.15, -0.1) is 0 Å². The highest BCUT2D eigenvalue weighted by molar-refractivity contribution is 9.10. The summed E-state index contributed by atoms with van der Waals surface area (Å²) in [7, 11) is -3.22. The maximum Gasteiger partial charge on any atom is 0.234 e. The molecule has 1 aliphatic heterocycles. The molecule has 0 amide bonds. The minimum atomic E-state index is -3.22. The smallest absolute Gasteiger partial charge is 0.234 e. The number of rotatable bonds is 4. The van der Waals surface area contributed by atoms with E-state index in [2.05, 4.69) is 28.9 Å². The Morgan fingerprint density at radius 3 is 2.61 bits per heavy atom. The normalized spacial score (nSPS) is 25.6. The molecule has 1 heterocycles. The number of anilines is 1. The van der Waals surface area contributed by atoms with Crippen molar-refractivity contribution in [1.29, 1.82) is 0 Å². The molecule has 1 atom stereocenters. The van der Waals surface area contributed by atoms with Crippen LogP contribution in [0.5, 0.6) is 0 Å². The molecule has 3 rings (SSSR count). The quantitative estimate of drug-likeness (QED) is 0.725. The number of benzene rings is 1. The second-order valence-corrected chi connectivity index (χ2v) is 10.4. The maximum atomic E-state index is 12.5. The highest BCUT2D eigenvalue weighted by atomic mass is 79.9. The molecule has 1 unspecified atom stereocenters. The fraction of sp³-hybridized carbons (Fsp3) is 0.667. The summed E-state index contributed by atoms with van der Waals surface area (Å²) in [5, 5.41) is 0. The van der Waals surface area contributed by atoms with Crippen molar-refractivity contribution in [1.82, 2.24) is 0 Å². The van der Waals surface area contributed by atoms with Crippen LogP contribution in [-0.4, -0.2) is 20.7 Å². The lowest BCUT2D eigenvalue weighted by Gasteiger charge is -2.32. The summed E-state index contributed by atoms with van der Waals surface area (Å²) in [4.78, 5) is 0. The molecular formula is C18H26BrNO2S. The minimum absolute atomic E-state index is 0.0800. The predicted molar refractivity (Wildman–Crippen MR) is 99.5 cm³/mol. The van der Waals surface area contributed by atoms with E-state index in [0.29, 0.717) is 6.54 Å². The van der Waals surface area contributed by atoms with Crippen LogP contribution in [-0.2, 0) is 15.4 Å². The SMILES string of the molecule is CCS(=O)(=O)N1CC(C)(CC2CCCCC2)c2cc(Br)ccc21. The second-order valence-electron chi connectivity index (χ2n) is 7.34. The van der Waals surface area contributed by atoms with Crippen LogP contribution in [0.15, 0.2) is 22.7 Å². The monoisotopic (exact) mass is 399 g/mol. The van der Waals surface area contributed by atoms with Gasteiger partial charge in [0.2, 0.25) is 10.0 Å². The fourth-order valence-corrected chi connectivity index (χ4v) is 5.92. The van der Waals surface area contributed by atoms with Gasteiger partial charge >= 0.3 is 0 Å². The first-order chi connectivity index (χ1) is 10.9. The van der Waals surface area contributed by atoms with Gasteiger partial charge in [0, 0.05) is 16.4 Å². The molecule has 0 aromatic heterocycles. The van der Waals surface area contributed by atoms with Gasteiger partial charge < -0.3 is 0 Å². The van der Waals surface area contributed by atoms with Crippen LogP contribution in [0.25, 0.3) is 0 Å². The molecule has 3 nitrogen and oxygen atoms in total. The predicted octanol–water partition coefficient (Wildman–Crippen LogP) is 4.85. The largest absolute Gasteiger partial charge is 0.269 e. The van der Waals surface area contributed by atoms with E-state index in [1.165, 1.54) is 37.7 Å². The lowest BCUT2D eigenvalue weighted by Crippen LogP contribution is -2.37. The molecule has 0 spiro atoms. The van der Waals surface area contributed by atoms with Gasteiger partial charge in [-0.1, -0.05) is 55.0 Å². The Labute approximate surface area is 148 Å². The van der Waals surface area contributed by atoms with Crippen LogP contribution in [0, 0.1) is 5.92 Å². The van der Waals surface area contributed by atoms with Crippen LogP contribution in [0.1, 0.15) is 57.9 Å². The average Bonchev–Trinajstić information content (AvgIpc) is 2.82. The highest BCUT2D eigenvalue weighted by Crippen LogP contribution is 2.48. The Hall–Kier alpha value is -0.550. The first-order valence-corrected chi connectivity index (χ1v) is 11.1. The van der Waals surface area contributed by atoms with Gasteiger partial charge in [-0.2, -0.15) is 0 Å². The Morgan fingerprint density at radius 1 is 1.26 bits per heavy atom. The van der Waals surface area contributed by atoms with Gasteiger partial charge in [-0.3, -0.25) is 4.31 Å². The molecule has 0 N–H and O–H groups in total. The van der Waals surface area contributed by atoms with Crippen molar-refractivity contribution in [3.8, 4) is 0 Å². The molecule has 1 fully saturated rings. The lowest BCUT2D eigenvalue weighted by atomic mass is 9.73. The third-order valence-corrected chi connectivity index (χ3v) is 7.75. The summed E-state index contributed by atoms with van der Waals surface area (Å²) in [6.07, 6.45) is 7.67. The average molecular weight is 400 g/mol. The van der Waals surface area contributed by atoms with Crippen molar-refractivity contribution in [2.24, 2.45) is 5.92 Å². The van der Waals surface area contributed by atoms with E-state index in [1.807, 2.05) is 12.1 Å². The summed E-state index contributed by atoms with van der Waals surface area (Å²) in [6, 6.07) is 6.03. The molecule has 5 heteroatoms. The van der Waals surface area contributed by atoms with Crippen molar-refractivity contribution in [2.75, 3.05) is 16.6 Å². The van der Waals surface area contributed by atoms with E-state index in [4.69, 9.17) is 0 Å². The number of hydrogen-bond acceptors (Lipinski definition) is 2. The van der Waals surface area contributed by atoms with E-state index in [9.17, 15) is 8.42 Å². The Morgan fingerprint density at radius 2 is 1.96 bits per heavy atom. The minimum Gasteiger partial charge on any atom is -0.269 e. The van der Waals surface area contributed by atoms with Crippen LogP contribution < -0.4 is 4.31 Å². The van der Waals surface area contributed by atoms with Crippen LogP contribution >= 0.6 is 15.9 Å². The molecule has 0 saturated heterocycles. The Balaban J connectivity index is 1.97. The van der Waals surface area contributed by atoms with E-state index in [-0.39, 0.29) is 11.2 Å². The Kier molecular flexibility index (Phi) is 4.81. The van der Waals surface area contributed by atoms with Gasteiger partial charge in [-0.25, -0.2) is 8.42 Å². The van der Waals surface area contributed by atoms with Gasteiger partial charge in [-0.05, 0) is 43.0 Å². The maximum absolute atomic E-state index is 12.5. The molecular weight excluding hydrogens is 374 g/mol. The zero-order valence-electron chi connectivity index (χ0n) is 14.0. The van der Waals surface area contributed by atoms with E-state index in [1.54, 1.807) is 11.2 Å². The summed E-state index contributed by atoms with van der Waals surface area (Å²) in [6.45, 7) is 4.56. The first kappa shape index (κ1) is 17.3. The van der Waals surface area contributed by atoms with Gasteiger partial charge in [0.05, 0.1) is 11.4 Å². The van der Waals surface area contributed by atoms with Crippen molar-refractivity contribution in [2.45, 2.75) is 57.8 Å². The van der Waals surface area contributed by atoms with Crippen LogP contribution in [0.3, 0.4) is 0 Å². The molecule has 0 radical (unpaired) electrons. The van der Waals surface area contributed by atoms with E-state index < -0.39 is 10.0 Å². The Bertz CT molecular complexity index is 682. The number of sulfonamides is 1. The molecule has 1 saturated carbocycles. The highest BCUT2D eigenvalue weighted by Gasteiger charge is 2.44. The van der Waals surface area contributed by atoms with Crippen LogP contribution in [0.4, 0.5) is 5.69 Å². The molecule has 1 aliphatic carbocycles. The van der Waals surface area contributed by atoms with Gasteiger partial charge in [0.1, 0.15) is 0 Å². The lowest BCUT2D eigenvalue weighted by molar-refractivity contribution is 0.278. The molecule has 128 valence electrons. The number of nitrogens with zero attached hydrogens (tertiary/aromatic N) is 1. The third-order valence-electron chi connectivity index (χ3n) is 5.53. The summed E-state index contributed by atoms with van der Waals surface area (Å²) >= 11 is 3.56. The second kappa shape index (κ2) is 6.40. The number of fused-ring (bicyclic) bond motifs is 1. The number of hydrogen-bond donors (Lipinski definition) is 0. The molecule has 1 aromatic carbocycles. The summed E-state index contributed by atoms with van der Waals surface area (Å²) in [5.41, 5.74) is 1.99.